The van der Waals surface area contributed by atoms with E-state index in [1.54, 1.807) is 0 Å². The molecule has 96 valence electrons. The number of carbonyl (C=O) groups is 1. The molecule has 0 unspecified atom stereocenters. The second-order valence-electron chi connectivity index (χ2n) is 5.06. The van der Waals surface area contributed by atoms with Crippen molar-refractivity contribution in [3.8, 4) is 0 Å². The van der Waals surface area contributed by atoms with Crippen LogP contribution in [0.2, 0.25) is 0 Å². The lowest BCUT2D eigenvalue weighted by atomic mass is 9.89. The summed E-state index contributed by atoms with van der Waals surface area (Å²) in [7, 11) is 0. The van der Waals surface area contributed by atoms with Gasteiger partial charge in [0.1, 0.15) is 0 Å². The van der Waals surface area contributed by atoms with Crippen molar-refractivity contribution in [2.45, 2.75) is 39.5 Å². The van der Waals surface area contributed by atoms with Crippen LogP contribution < -0.4 is 5.43 Å². The van der Waals surface area contributed by atoms with Gasteiger partial charge in [0, 0.05) is 11.3 Å². The van der Waals surface area contributed by atoms with Gasteiger partial charge in [0.05, 0.1) is 0 Å². The quantitative estimate of drug-likeness (QED) is 0.797. The Morgan fingerprint density at radius 2 is 2.00 bits per heavy atom. The Kier molecular flexibility index (Phi) is 4.13. The Hall–Kier alpha value is -1.64. The van der Waals surface area contributed by atoms with Gasteiger partial charge in [-0.1, -0.05) is 31.0 Å². The molecule has 1 N–H and O–H groups in total. The number of hydrazone groups is 1. The van der Waals surface area contributed by atoms with Gasteiger partial charge in [-0.3, -0.25) is 4.79 Å². The predicted molar refractivity (Wildman–Crippen MR) is 73.7 cm³/mol. The third-order valence-corrected chi connectivity index (χ3v) is 3.50. The summed E-state index contributed by atoms with van der Waals surface area (Å²) < 4.78 is 0. The summed E-state index contributed by atoms with van der Waals surface area (Å²) in [6.45, 7) is 4.18. The molecule has 3 nitrogen and oxygen atoms in total. The predicted octanol–water partition coefficient (Wildman–Crippen LogP) is 3.29. The van der Waals surface area contributed by atoms with Gasteiger partial charge >= 0.3 is 0 Å². The second kappa shape index (κ2) is 5.80. The molecule has 0 spiro atoms. The molecule has 18 heavy (non-hydrogen) atoms. The second-order valence-corrected chi connectivity index (χ2v) is 5.06. The Balaban J connectivity index is 1.99. The maximum Gasteiger partial charge on any atom is 0.271 e. The maximum absolute atomic E-state index is 11.9. The van der Waals surface area contributed by atoms with E-state index in [9.17, 15) is 4.79 Å². The summed E-state index contributed by atoms with van der Waals surface area (Å²) in [5, 5.41) is 4.28. The third kappa shape index (κ3) is 3.19. The molecule has 0 saturated heterocycles. The van der Waals surface area contributed by atoms with Crippen molar-refractivity contribution in [3.63, 3.8) is 0 Å². The highest BCUT2D eigenvalue weighted by atomic mass is 16.2. The molecule has 3 heteroatoms. The molecule has 1 aromatic carbocycles. The molecule has 1 amide bonds. The van der Waals surface area contributed by atoms with Crippen LogP contribution in [0.1, 0.15) is 48.5 Å². The largest absolute Gasteiger partial charge is 0.271 e. The molecular weight excluding hydrogens is 224 g/mol. The summed E-state index contributed by atoms with van der Waals surface area (Å²) in [5.74, 6) is 0.373. The summed E-state index contributed by atoms with van der Waals surface area (Å²) in [4.78, 5) is 11.9. The van der Waals surface area contributed by atoms with E-state index in [4.69, 9.17) is 0 Å². The zero-order valence-corrected chi connectivity index (χ0v) is 11.1. The number of benzene rings is 1. The molecule has 0 aromatic heterocycles. The summed E-state index contributed by atoms with van der Waals surface area (Å²) in [6, 6.07) is 7.53. The van der Waals surface area contributed by atoms with Crippen LogP contribution in [-0.4, -0.2) is 11.6 Å². The van der Waals surface area contributed by atoms with Gasteiger partial charge in [0.2, 0.25) is 0 Å². The number of hydrogen-bond donors (Lipinski definition) is 1. The average molecular weight is 244 g/mol. The first kappa shape index (κ1) is 12.8. The standard InChI is InChI=1S/C15H20N2O/c1-11-7-9-13(10-8-11)15(18)17-16-14-6-4-3-5-12(14)2/h7-10,12H,3-6H2,1-2H3,(H,17,18)/b16-14-/t12-/m1/s1. The maximum atomic E-state index is 11.9. The topological polar surface area (TPSA) is 41.5 Å². The van der Waals surface area contributed by atoms with Gasteiger partial charge in [-0.2, -0.15) is 5.10 Å². The highest BCUT2D eigenvalue weighted by Crippen LogP contribution is 2.20. The van der Waals surface area contributed by atoms with Gasteiger partial charge in [-0.25, -0.2) is 5.43 Å². The van der Waals surface area contributed by atoms with Gasteiger partial charge < -0.3 is 0 Å². The van der Waals surface area contributed by atoms with E-state index in [1.807, 2.05) is 31.2 Å². The first-order valence-electron chi connectivity index (χ1n) is 6.60. The average Bonchev–Trinajstić information content (AvgIpc) is 2.38. The van der Waals surface area contributed by atoms with Gasteiger partial charge in [-0.15, -0.1) is 0 Å². The Morgan fingerprint density at radius 1 is 1.28 bits per heavy atom. The van der Waals surface area contributed by atoms with Crippen LogP contribution in [0.5, 0.6) is 0 Å². The molecular formula is C15H20N2O. The highest BCUT2D eigenvalue weighted by molar-refractivity contribution is 5.95. The van der Waals surface area contributed by atoms with Crippen molar-refractivity contribution in [3.05, 3.63) is 35.4 Å². The molecule has 0 heterocycles. The van der Waals surface area contributed by atoms with Gasteiger partial charge in [0.25, 0.3) is 5.91 Å². The van der Waals surface area contributed by atoms with Crippen molar-refractivity contribution < 1.29 is 4.79 Å². The summed E-state index contributed by atoms with van der Waals surface area (Å²) in [5.41, 5.74) is 5.61. The first-order chi connectivity index (χ1) is 8.66. The zero-order valence-electron chi connectivity index (χ0n) is 11.1. The van der Waals surface area contributed by atoms with E-state index in [0.29, 0.717) is 11.5 Å². The van der Waals surface area contributed by atoms with Crippen molar-refractivity contribution in [1.29, 1.82) is 0 Å². The van der Waals surface area contributed by atoms with Crippen LogP contribution in [0.4, 0.5) is 0 Å². The van der Waals surface area contributed by atoms with Crippen molar-refractivity contribution in [2.24, 2.45) is 11.0 Å². The van der Waals surface area contributed by atoms with E-state index in [0.717, 1.165) is 17.7 Å². The molecule has 1 saturated carbocycles. The number of hydrogen-bond acceptors (Lipinski definition) is 2. The molecule has 1 aromatic rings. The fraction of sp³-hybridized carbons (Fsp3) is 0.467. The smallest absolute Gasteiger partial charge is 0.267 e. The van der Waals surface area contributed by atoms with Crippen LogP contribution in [0.15, 0.2) is 29.4 Å². The first-order valence-corrected chi connectivity index (χ1v) is 6.60. The fourth-order valence-electron chi connectivity index (χ4n) is 2.23. The van der Waals surface area contributed by atoms with Crippen LogP contribution in [0.3, 0.4) is 0 Å². The van der Waals surface area contributed by atoms with E-state index >= 15 is 0 Å². The normalized spacial score (nSPS) is 21.9. The van der Waals surface area contributed by atoms with E-state index in [1.165, 1.54) is 19.3 Å². The van der Waals surface area contributed by atoms with E-state index in [-0.39, 0.29) is 5.91 Å². The SMILES string of the molecule is Cc1ccc(C(=O)N/N=C2/CCCC[C@H]2C)cc1. The van der Waals surface area contributed by atoms with Crippen LogP contribution in [0.25, 0.3) is 0 Å². The molecule has 1 fully saturated rings. The van der Waals surface area contributed by atoms with Crippen LogP contribution in [0, 0.1) is 12.8 Å². The number of aryl methyl sites for hydroxylation is 1. The summed E-state index contributed by atoms with van der Waals surface area (Å²) >= 11 is 0. The zero-order chi connectivity index (χ0) is 13.0. The van der Waals surface area contributed by atoms with E-state index < -0.39 is 0 Å². The molecule has 1 aliphatic rings. The van der Waals surface area contributed by atoms with Gasteiger partial charge in [0.15, 0.2) is 0 Å². The molecule has 0 bridgehead atoms. The molecule has 0 radical (unpaired) electrons. The molecule has 1 aliphatic carbocycles. The molecule has 0 aliphatic heterocycles. The fourth-order valence-corrected chi connectivity index (χ4v) is 2.23. The monoisotopic (exact) mass is 244 g/mol. The van der Waals surface area contributed by atoms with Crippen molar-refractivity contribution in [1.82, 2.24) is 5.43 Å². The lowest BCUT2D eigenvalue weighted by Gasteiger charge is -2.19. The summed E-state index contributed by atoms with van der Waals surface area (Å²) in [6.07, 6.45) is 4.64. The van der Waals surface area contributed by atoms with Crippen LogP contribution in [-0.2, 0) is 0 Å². The number of amides is 1. The molecule has 1 atom stereocenters. The number of carbonyl (C=O) groups excluding carboxylic acids is 1. The van der Waals surface area contributed by atoms with Crippen molar-refractivity contribution in [2.75, 3.05) is 0 Å². The molecule has 2 rings (SSSR count). The van der Waals surface area contributed by atoms with Crippen LogP contribution >= 0.6 is 0 Å². The number of nitrogens with zero attached hydrogens (tertiary/aromatic N) is 1. The minimum Gasteiger partial charge on any atom is -0.267 e. The lowest BCUT2D eigenvalue weighted by Crippen LogP contribution is -2.24. The Bertz CT molecular complexity index is 448. The number of nitrogens with one attached hydrogen (secondary N) is 1. The lowest BCUT2D eigenvalue weighted by molar-refractivity contribution is 0.0954. The third-order valence-electron chi connectivity index (χ3n) is 3.50. The number of rotatable bonds is 2. The van der Waals surface area contributed by atoms with Crippen molar-refractivity contribution >= 4 is 11.6 Å². The Labute approximate surface area is 108 Å². The Morgan fingerprint density at radius 3 is 2.67 bits per heavy atom. The minimum atomic E-state index is -0.125. The van der Waals surface area contributed by atoms with Gasteiger partial charge in [-0.05, 0) is 44.2 Å². The van der Waals surface area contributed by atoms with E-state index in [2.05, 4.69) is 17.5 Å². The minimum absolute atomic E-state index is 0.125. The highest BCUT2D eigenvalue weighted by Gasteiger charge is 2.16.